The molecule has 14 heteroatoms. The number of benzene rings is 2. The zero-order valence-electron chi connectivity index (χ0n) is 22.7. The lowest BCUT2D eigenvalue weighted by Gasteiger charge is -2.26. The van der Waals surface area contributed by atoms with E-state index in [2.05, 4.69) is 15.6 Å². The quantitative estimate of drug-likeness (QED) is 0.172. The van der Waals surface area contributed by atoms with Gasteiger partial charge in [0.2, 0.25) is 17.7 Å². The molecular weight excluding hydrogens is 555 g/mol. The molecule has 0 saturated carbocycles. The molecule has 1 aromatic heterocycles. The van der Waals surface area contributed by atoms with E-state index in [1.54, 1.807) is 30.3 Å². The summed E-state index contributed by atoms with van der Waals surface area (Å²) in [5.41, 5.74) is 17.0. The van der Waals surface area contributed by atoms with Crippen LogP contribution in [0, 0.1) is 0 Å². The lowest BCUT2D eigenvalue weighted by Crippen LogP contribution is -2.52. The number of anilines is 1. The number of carbonyl (C=O) groups excluding carboxylic acids is 3. The molecule has 0 aliphatic rings. The van der Waals surface area contributed by atoms with Crippen molar-refractivity contribution in [2.75, 3.05) is 31.5 Å². The number of amides is 3. The molecular formula is C28H34F3N7O4. The molecule has 0 saturated heterocycles. The first kappa shape index (κ1) is 32.4. The van der Waals surface area contributed by atoms with Crippen LogP contribution < -0.4 is 27.8 Å². The molecule has 0 fully saturated rings. The van der Waals surface area contributed by atoms with Gasteiger partial charge in [0.25, 0.3) is 0 Å². The maximum absolute atomic E-state index is 13.3. The number of pyridine rings is 1. The number of fused-ring (bicyclic) bond motifs is 1. The van der Waals surface area contributed by atoms with Crippen LogP contribution in [0.15, 0.2) is 60.8 Å². The van der Waals surface area contributed by atoms with E-state index >= 15 is 0 Å². The SMILES string of the molecule is NCCN(CCN)C(=O)CC[C@H](N)C(=O)NC(C(=O)Nc1cnc2ccccc2c1)[C@H](O)c1ccc(C(F)(F)F)cc1. The number of aliphatic hydroxyl groups excluding tert-OH is 1. The van der Waals surface area contributed by atoms with E-state index < -0.39 is 41.7 Å². The van der Waals surface area contributed by atoms with Crippen molar-refractivity contribution in [2.45, 2.75) is 37.2 Å². The topological polar surface area (TPSA) is 190 Å². The van der Waals surface area contributed by atoms with Crippen LogP contribution in [0.3, 0.4) is 0 Å². The van der Waals surface area contributed by atoms with Gasteiger partial charge in [-0.3, -0.25) is 19.4 Å². The van der Waals surface area contributed by atoms with Gasteiger partial charge in [0.1, 0.15) is 12.1 Å². The molecule has 3 rings (SSSR count). The van der Waals surface area contributed by atoms with Gasteiger partial charge in [-0.25, -0.2) is 0 Å². The number of alkyl halides is 3. The first-order valence-corrected chi connectivity index (χ1v) is 13.2. The van der Waals surface area contributed by atoms with Crippen LogP contribution in [-0.2, 0) is 20.6 Å². The highest BCUT2D eigenvalue weighted by molar-refractivity contribution is 5.99. The van der Waals surface area contributed by atoms with Crippen molar-refractivity contribution in [3.05, 3.63) is 71.9 Å². The van der Waals surface area contributed by atoms with Crippen molar-refractivity contribution in [1.82, 2.24) is 15.2 Å². The van der Waals surface area contributed by atoms with E-state index in [9.17, 15) is 32.7 Å². The number of nitrogens with one attached hydrogen (secondary N) is 2. The van der Waals surface area contributed by atoms with Crippen LogP contribution in [-0.4, -0.2) is 71.0 Å². The average Bonchev–Trinajstić information content (AvgIpc) is 2.97. The normalized spacial score (nSPS) is 13.7. The number of hydrogen-bond donors (Lipinski definition) is 6. The van der Waals surface area contributed by atoms with E-state index in [-0.39, 0.29) is 56.2 Å². The summed E-state index contributed by atoms with van der Waals surface area (Å²) in [7, 11) is 0. The predicted molar refractivity (Wildman–Crippen MR) is 151 cm³/mol. The van der Waals surface area contributed by atoms with Crippen LogP contribution in [0.5, 0.6) is 0 Å². The number of halogens is 3. The fraction of sp³-hybridized carbons (Fsp3) is 0.357. The maximum Gasteiger partial charge on any atom is 0.416 e. The van der Waals surface area contributed by atoms with Crippen molar-refractivity contribution in [3.63, 3.8) is 0 Å². The van der Waals surface area contributed by atoms with Gasteiger partial charge in [-0.1, -0.05) is 30.3 Å². The summed E-state index contributed by atoms with van der Waals surface area (Å²) in [6.45, 7) is 1.01. The number of hydrogen-bond acceptors (Lipinski definition) is 8. The number of nitrogens with two attached hydrogens (primary N) is 3. The van der Waals surface area contributed by atoms with Gasteiger partial charge in [-0.2, -0.15) is 13.2 Å². The Balaban J connectivity index is 1.79. The van der Waals surface area contributed by atoms with Gasteiger partial charge in [-0.15, -0.1) is 0 Å². The molecule has 11 nitrogen and oxygen atoms in total. The van der Waals surface area contributed by atoms with Crippen molar-refractivity contribution >= 4 is 34.3 Å². The highest BCUT2D eigenvalue weighted by Crippen LogP contribution is 2.30. The molecule has 3 atom stereocenters. The molecule has 0 spiro atoms. The largest absolute Gasteiger partial charge is 0.416 e. The number of rotatable bonds is 13. The Labute approximate surface area is 240 Å². The van der Waals surface area contributed by atoms with Crippen LogP contribution in [0.2, 0.25) is 0 Å². The number of nitrogens with zero attached hydrogens (tertiary/aromatic N) is 2. The highest BCUT2D eigenvalue weighted by Gasteiger charge is 2.34. The minimum Gasteiger partial charge on any atom is -0.386 e. The highest BCUT2D eigenvalue weighted by atomic mass is 19.4. The van der Waals surface area contributed by atoms with Crippen molar-refractivity contribution in [3.8, 4) is 0 Å². The van der Waals surface area contributed by atoms with Crippen LogP contribution >= 0.6 is 0 Å². The molecule has 3 aromatic rings. The van der Waals surface area contributed by atoms with Gasteiger partial charge in [0.05, 0.1) is 29.0 Å². The maximum atomic E-state index is 13.3. The second-order valence-corrected chi connectivity index (χ2v) is 9.56. The van der Waals surface area contributed by atoms with Crippen LogP contribution in [0.25, 0.3) is 10.9 Å². The molecule has 0 radical (unpaired) electrons. The van der Waals surface area contributed by atoms with Crippen molar-refractivity contribution < 1.29 is 32.7 Å². The number of aliphatic hydroxyl groups is 1. The summed E-state index contributed by atoms with van der Waals surface area (Å²) in [5, 5.41) is 16.7. The van der Waals surface area contributed by atoms with E-state index in [1.165, 1.54) is 11.1 Å². The zero-order chi connectivity index (χ0) is 30.9. The molecule has 0 aliphatic carbocycles. The second-order valence-electron chi connectivity index (χ2n) is 9.56. The van der Waals surface area contributed by atoms with E-state index in [0.29, 0.717) is 10.9 Å². The van der Waals surface area contributed by atoms with Gasteiger partial charge < -0.3 is 37.8 Å². The van der Waals surface area contributed by atoms with Crippen LogP contribution in [0.4, 0.5) is 18.9 Å². The Morgan fingerprint density at radius 1 is 0.976 bits per heavy atom. The predicted octanol–water partition coefficient (Wildman–Crippen LogP) is 1.26. The molecule has 9 N–H and O–H groups in total. The smallest absolute Gasteiger partial charge is 0.386 e. The Bertz CT molecular complexity index is 1370. The number of aromatic nitrogens is 1. The average molecular weight is 590 g/mol. The van der Waals surface area contributed by atoms with Gasteiger partial charge in [-0.05, 0) is 36.2 Å². The fourth-order valence-electron chi connectivity index (χ4n) is 4.21. The number of carbonyl (C=O) groups is 3. The Kier molecular flexibility index (Phi) is 11.3. The Morgan fingerprint density at radius 2 is 1.62 bits per heavy atom. The molecule has 226 valence electrons. The standard InChI is InChI=1S/C28H34F3N7O4/c29-28(30,31)19-7-5-17(6-8-19)25(40)24(27(42)36-20-15-18-3-1-2-4-22(18)35-16-20)37-26(41)21(34)9-10-23(39)38(13-11-32)14-12-33/h1-8,15-16,21,24-25,40H,9-14,32-34H2,(H,36,42)(H,37,41)/t21-,24?,25+/m0/s1. The third-order valence-corrected chi connectivity index (χ3v) is 6.49. The number of para-hydroxylation sites is 1. The summed E-state index contributed by atoms with van der Waals surface area (Å²) in [6.07, 6.45) is -5.16. The molecule has 3 amide bonds. The summed E-state index contributed by atoms with van der Waals surface area (Å²) in [5.74, 6) is -2.03. The van der Waals surface area contributed by atoms with E-state index in [0.717, 1.165) is 24.3 Å². The summed E-state index contributed by atoms with van der Waals surface area (Å²) < 4.78 is 39.1. The molecule has 1 heterocycles. The molecule has 0 aliphatic heterocycles. The molecule has 2 aromatic carbocycles. The Morgan fingerprint density at radius 3 is 2.24 bits per heavy atom. The summed E-state index contributed by atoms with van der Waals surface area (Å²) >= 11 is 0. The van der Waals surface area contributed by atoms with E-state index in [4.69, 9.17) is 17.2 Å². The summed E-state index contributed by atoms with van der Waals surface area (Å²) in [4.78, 5) is 44.5. The first-order chi connectivity index (χ1) is 19.9. The lowest BCUT2D eigenvalue weighted by atomic mass is 9.99. The van der Waals surface area contributed by atoms with Crippen LogP contribution in [0.1, 0.15) is 30.1 Å². The van der Waals surface area contributed by atoms with E-state index in [1.807, 2.05) is 0 Å². The first-order valence-electron chi connectivity index (χ1n) is 13.2. The minimum atomic E-state index is -4.61. The van der Waals surface area contributed by atoms with Gasteiger partial charge in [0, 0.05) is 38.0 Å². The van der Waals surface area contributed by atoms with Gasteiger partial charge >= 0.3 is 6.18 Å². The monoisotopic (exact) mass is 589 g/mol. The third-order valence-electron chi connectivity index (χ3n) is 6.49. The Hall–Kier alpha value is -4.11. The third kappa shape index (κ3) is 8.69. The molecule has 1 unspecified atom stereocenters. The lowest BCUT2D eigenvalue weighted by molar-refractivity contribution is -0.137. The van der Waals surface area contributed by atoms with Gasteiger partial charge in [0.15, 0.2) is 0 Å². The molecule has 42 heavy (non-hydrogen) atoms. The van der Waals surface area contributed by atoms with Crippen molar-refractivity contribution in [2.24, 2.45) is 17.2 Å². The molecule has 0 bridgehead atoms. The summed E-state index contributed by atoms with van der Waals surface area (Å²) in [6, 6.07) is 9.40. The zero-order valence-corrected chi connectivity index (χ0v) is 22.7. The second kappa shape index (κ2) is 14.7. The fourth-order valence-corrected chi connectivity index (χ4v) is 4.21. The minimum absolute atomic E-state index is 0.0527. The van der Waals surface area contributed by atoms with Crippen molar-refractivity contribution in [1.29, 1.82) is 0 Å².